The van der Waals surface area contributed by atoms with Gasteiger partial charge in [0.2, 0.25) is 0 Å². The van der Waals surface area contributed by atoms with E-state index < -0.39 is 0 Å². The molecule has 1 saturated heterocycles. The number of hydrogen-bond acceptors (Lipinski definition) is 4. The number of carbonyl (C=O) groups excluding carboxylic acids is 1. The molecule has 1 amide bonds. The van der Waals surface area contributed by atoms with Gasteiger partial charge < -0.3 is 15.1 Å². The Balaban J connectivity index is 1.67. The highest BCUT2D eigenvalue weighted by Crippen LogP contribution is 2.19. The van der Waals surface area contributed by atoms with Crippen LogP contribution >= 0.6 is 0 Å². The lowest BCUT2D eigenvalue weighted by Crippen LogP contribution is -2.50. The maximum absolute atomic E-state index is 12.3. The van der Waals surface area contributed by atoms with Crippen LogP contribution in [0.15, 0.2) is 42.5 Å². The first-order chi connectivity index (χ1) is 11.5. The van der Waals surface area contributed by atoms with Crippen LogP contribution < -0.4 is 10.2 Å². The van der Waals surface area contributed by atoms with Crippen molar-refractivity contribution in [3.63, 3.8) is 0 Å². The van der Waals surface area contributed by atoms with E-state index in [0.717, 1.165) is 25.3 Å². The first-order valence-electron chi connectivity index (χ1n) is 8.33. The molecular formula is C19H24N4O. The molecule has 1 aliphatic heterocycles. The van der Waals surface area contributed by atoms with Crippen LogP contribution in [0.3, 0.4) is 0 Å². The van der Waals surface area contributed by atoms with Crippen LogP contribution in [0.4, 0.5) is 11.5 Å². The largest absolute Gasteiger partial charge is 0.369 e. The number of benzene rings is 1. The molecule has 0 radical (unpaired) electrons. The summed E-state index contributed by atoms with van der Waals surface area (Å²) in [6, 6.07) is 13.9. The van der Waals surface area contributed by atoms with Gasteiger partial charge in [0.05, 0.1) is 0 Å². The third kappa shape index (κ3) is 3.74. The molecular weight excluding hydrogens is 300 g/mol. The van der Waals surface area contributed by atoms with Gasteiger partial charge in [0.15, 0.2) is 0 Å². The molecule has 1 aliphatic rings. The fourth-order valence-corrected chi connectivity index (χ4v) is 2.91. The fraction of sp³-hybridized carbons (Fsp3) is 0.368. The van der Waals surface area contributed by atoms with Crippen molar-refractivity contribution in [1.29, 1.82) is 0 Å². The number of hydrogen-bond donors (Lipinski definition) is 1. The molecule has 1 aromatic carbocycles. The fourth-order valence-electron chi connectivity index (χ4n) is 2.91. The average molecular weight is 324 g/mol. The Morgan fingerprint density at radius 3 is 2.58 bits per heavy atom. The van der Waals surface area contributed by atoms with Crippen molar-refractivity contribution < 1.29 is 4.79 Å². The Labute approximate surface area is 143 Å². The number of amides is 1. The maximum Gasteiger partial charge on any atom is 0.256 e. The Hall–Kier alpha value is -2.40. The van der Waals surface area contributed by atoms with Gasteiger partial charge in [-0.3, -0.25) is 4.79 Å². The molecule has 24 heavy (non-hydrogen) atoms. The van der Waals surface area contributed by atoms with Crippen molar-refractivity contribution in [2.45, 2.75) is 19.9 Å². The molecule has 1 atom stereocenters. The van der Waals surface area contributed by atoms with Crippen molar-refractivity contribution in [2.24, 2.45) is 0 Å². The summed E-state index contributed by atoms with van der Waals surface area (Å²) in [7, 11) is 2.16. The lowest BCUT2D eigenvalue weighted by molar-refractivity contribution is 0.102. The number of pyridine rings is 1. The highest BCUT2D eigenvalue weighted by atomic mass is 16.1. The number of nitrogens with zero attached hydrogens (tertiary/aromatic N) is 3. The molecule has 0 unspecified atom stereocenters. The molecule has 2 aromatic rings. The van der Waals surface area contributed by atoms with Gasteiger partial charge in [-0.2, -0.15) is 0 Å². The van der Waals surface area contributed by atoms with Gasteiger partial charge >= 0.3 is 0 Å². The lowest BCUT2D eigenvalue weighted by Gasteiger charge is -2.39. The Kier molecular flexibility index (Phi) is 4.81. The summed E-state index contributed by atoms with van der Waals surface area (Å²) >= 11 is 0. The van der Waals surface area contributed by atoms with Crippen molar-refractivity contribution in [1.82, 2.24) is 9.88 Å². The zero-order valence-electron chi connectivity index (χ0n) is 14.5. The van der Waals surface area contributed by atoms with E-state index in [1.54, 1.807) is 6.07 Å². The summed E-state index contributed by atoms with van der Waals surface area (Å²) in [6.07, 6.45) is 0. The molecule has 1 aromatic heterocycles. The first kappa shape index (κ1) is 16.5. The van der Waals surface area contributed by atoms with E-state index in [4.69, 9.17) is 0 Å². The molecule has 3 rings (SSSR count). The SMILES string of the molecule is Cc1cccc(NC(=O)c2ccc(N3CCN(C)[C@H](C)C3)cc2)n1. The molecule has 0 aliphatic carbocycles. The summed E-state index contributed by atoms with van der Waals surface area (Å²) in [5.74, 6) is 0.448. The number of aromatic nitrogens is 1. The second-order valence-corrected chi connectivity index (χ2v) is 6.44. The maximum atomic E-state index is 12.3. The van der Waals surface area contributed by atoms with Crippen LogP contribution in [0, 0.1) is 6.92 Å². The topological polar surface area (TPSA) is 48.5 Å². The monoisotopic (exact) mass is 324 g/mol. The predicted octanol–water partition coefficient (Wildman–Crippen LogP) is 2.78. The minimum Gasteiger partial charge on any atom is -0.369 e. The number of piperazine rings is 1. The minimum atomic E-state index is -0.133. The molecule has 5 nitrogen and oxygen atoms in total. The summed E-state index contributed by atoms with van der Waals surface area (Å²) in [5, 5.41) is 2.84. The standard InChI is InChI=1S/C19H24N4O/c1-14-5-4-6-18(20-14)21-19(24)16-7-9-17(10-8-16)23-12-11-22(3)15(2)13-23/h4-10,15H,11-13H2,1-3H3,(H,20,21,24)/t15-/m1/s1. The average Bonchev–Trinajstić information content (AvgIpc) is 2.57. The van der Waals surface area contributed by atoms with Crippen molar-refractivity contribution >= 4 is 17.4 Å². The Morgan fingerprint density at radius 2 is 1.92 bits per heavy atom. The Bertz CT molecular complexity index is 714. The summed E-state index contributed by atoms with van der Waals surface area (Å²) < 4.78 is 0. The van der Waals surface area contributed by atoms with Gasteiger partial charge in [0.1, 0.15) is 5.82 Å². The molecule has 0 spiro atoms. The van der Waals surface area contributed by atoms with Crippen LogP contribution in [0.5, 0.6) is 0 Å². The summed E-state index contributed by atoms with van der Waals surface area (Å²) in [5.41, 5.74) is 2.69. The second-order valence-electron chi connectivity index (χ2n) is 6.44. The molecule has 0 saturated carbocycles. The lowest BCUT2D eigenvalue weighted by atomic mass is 10.1. The van der Waals surface area contributed by atoms with E-state index >= 15 is 0 Å². The minimum absolute atomic E-state index is 0.133. The van der Waals surface area contributed by atoms with Crippen molar-refractivity contribution in [2.75, 3.05) is 36.9 Å². The first-order valence-corrected chi connectivity index (χ1v) is 8.33. The van der Waals surface area contributed by atoms with Gasteiger partial charge in [-0.1, -0.05) is 6.07 Å². The van der Waals surface area contributed by atoms with Crippen molar-refractivity contribution in [3.8, 4) is 0 Å². The zero-order chi connectivity index (χ0) is 17.1. The van der Waals surface area contributed by atoms with Crippen LogP contribution in [0.2, 0.25) is 0 Å². The van der Waals surface area contributed by atoms with Gasteiger partial charge in [0.25, 0.3) is 5.91 Å². The number of rotatable bonds is 3. The Morgan fingerprint density at radius 1 is 1.17 bits per heavy atom. The second kappa shape index (κ2) is 7.01. The van der Waals surface area contributed by atoms with E-state index in [0.29, 0.717) is 17.4 Å². The van der Waals surface area contributed by atoms with E-state index in [9.17, 15) is 4.79 Å². The molecule has 1 fully saturated rings. The molecule has 0 bridgehead atoms. The molecule has 5 heteroatoms. The quantitative estimate of drug-likeness (QED) is 0.943. The number of likely N-dealkylation sites (N-methyl/N-ethyl adjacent to an activating group) is 1. The smallest absolute Gasteiger partial charge is 0.256 e. The predicted molar refractivity (Wildman–Crippen MR) is 97.7 cm³/mol. The van der Waals surface area contributed by atoms with Crippen LogP contribution in [-0.2, 0) is 0 Å². The van der Waals surface area contributed by atoms with E-state index in [1.165, 1.54) is 5.69 Å². The molecule has 2 heterocycles. The number of nitrogens with one attached hydrogen (secondary N) is 1. The van der Waals surface area contributed by atoms with Crippen LogP contribution in [0.25, 0.3) is 0 Å². The van der Waals surface area contributed by atoms with Gasteiger partial charge in [-0.05, 0) is 57.3 Å². The third-order valence-electron chi connectivity index (χ3n) is 4.58. The highest BCUT2D eigenvalue weighted by molar-refractivity contribution is 6.03. The van der Waals surface area contributed by atoms with Crippen molar-refractivity contribution in [3.05, 3.63) is 53.7 Å². The van der Waals surface area contributed by atoms with E-state index in [1.807, 2.05) is 43.3 Å². The van der Waals surface area contributed by atoms with E-state index in [2.05, 4.69) is 34.1 Å². The molecule has 126 valence electrons. The van der Waals surface area contributed by atoms with Crippen LogP contribution in [-0.4, -0.2) is 48.5 Å². The van der Waals surface area contributed by atoms with Crippen LogP contribution in [0.1, 0.15) is 23.0 Å². The van der Waals surface area contributed by atoms with Gasteiger partial charge in [-0.15, -0.1) is 0 Å². The molecule has 1 N–H and O–H groups in total. The number of aryl methyl sites for hydroxylation is 1. The third-order valence-corrected chi connectivity index (χ3v) is 4.58. The summed E-state index contributed by atoms with van der Waals surface area (Å²) in [6.45, 7) is 7.22. The zero-order valence-corrected chi connectivity index (χ0v) is 14.5. The van der Waals surface area contributed by atoms with Gasteiger partial charge in [-0.25, -0.2) is 4.98 Å². The normalized spacial score (nSPS) is 18.5. The van der Waals surface area contributed by atoms with E-state index in [-0.39, 0.29) is 5.91 Å². The number of carbonyl (C=O) groups is 1. The highest BCUT2D eigenvalue weighted by Gasteiger charge is 2.20. The summed E-state index contributed by atoms with van der Waals surface area (Å²) in [4.78, 5) is 21.4. The van der Waals surface area contributed by atoms with Gasteiger partial charge in [0, 0.05) is 42.6 Å². The number of anilines is 2.